The standard InChI is InChI=1S/C17H21N5O/c1-3-6-15-19-13-7-4-5-8-14(13)22(15)11-9-16(23)20-17-18-10-12-21(17)2/h4-5,7-8,10,12H,3,6,9,11H2,1-2H3,(H,18,20,23). The van der Waals surface area contributed by atoms with Gasteiger partial charge in [0.05, 0.1) is 11.0 Å². The topological polar surface area (TPSA) is 64.7 Å². The van der Waals surface area contributed by atoms with Crippen LogP contribution in [0.3, 0.4) is 0 Å². The number of benzene rings is 1. The summed E-state index contributed by atoms with van der Waals surface area (Å²) in [6, 6.07) is 8.06. The van der Waals surface area contributed by atoms with Crippen molar-refractivity contribution in [2.45, 2.75) is 32.7 Å². The molecule has 1 amide bonds. The second-order valence-electron chi connectivity index (χ2n) is 5.58. The summed E-state index contributed by atoms with van der Waals surface area (Å²) in [5.74, 6) is 1.57. The third kappa shape index (κ3) is 3.26. The van der Waals surface area contributed by atoms with Crippen molar-refractivity contribution in [1.82, 2.24) is 19.1 Å². The van der Waals surface area contributed by atoms with Crippen LogP contribution in [0.5, 0.6) is 0 Å². The SMILES string of the molecule is CCCc1nc2ccccc2n1CCC(=O)Nc1nccn1C. The van der Waals surface area contributed by atoms with Crippen molar-refractivity contribution in [3.63, 3.8) is 0 Å². The van der Waals surface area contributed by atoms with Crippen LogP contribution < -0.4 is 5.32 Å². The zero-order chi connectivity index (χ0) is 16.2. The van der Waals surface area contributed by atoms with E-state index in [9.17, 15) is 4.79 Å². The van der Waals surface area contributed by atoms with E-state index in [2.05, 4.69) is 32.8 Å². The summed E-state index contributed by atoms with van der Waals surface area (Å²) in [4.78, 5) is 21.0. The van der Waals surface area contributed by atoms with E-state index >= 15 is 0 Å². The molecule has 0 radical (unpaired) electrons. The quantitative estimate of drug-likeness (QED) is 0.761. The molecule has 23 heavy (non-hydrogen) atoms. The van der Waals surface area contributed by atoms with Crippen LogP contribution in [0, 0.1) is 0 Å². The zero-order valence-electron chi connectivity index (χ0n) is 13.5. The molecule has 0 aliphatic carbocycles. The van der Waals surface area contributed by atoms with Gasteiger partial charge >= 0.3 is 0 Å². The molecule has 0 unspecified atom stereocenters. The highest BCUT2D eigenvalue weighted by Crippen LogP contribution is 2.17. The molecule has 0 bridgehead atoms. The van der Waals surface area contributed by atoms with Crippen LogP contribution >= 0.6 is 0 Å². The van der Waals surface area contributed by atoms with Gasteiger partial charge in [0.1, 0.15) is 5.82 Å². The molecule has 2 heterocycles. The number of imidazole rings is 2. The Morgan fingerprint density at radius 3 is 2.87 bits per heavy atom. The van der Waals surface area contributed by atoms with E-state index in [0.29, 0.717) is 18.9 Å². The average Bonchev–Trinajstić information content (AvgIpc) is 3.09. The Morgan fingerprint density at radius 2 is 2.13 bits per heavy atom. The Hall–Kier alpha value is -2.63. The normalized spacial score (nSPS) is 11.0. The molecule has 3 aromatic rings. The number of carbonyl (C=O) groups excluding carboxylic acids is 1. The largest absolute Gasteiger partial charge is 0.327 e. The highest BCUT2D eigenvalue weighted by Gasteiger charge is 2.12. The molecule has 0 fully saturated rings. The molecule has 1 N–H and O–H groups in total. The molecule has 6 heteroatoms. The maximum Gasteiger partial charge on any atom is 0.228 e. The molecule has 120 valence electrons. The van der Waals surface area contributed by atoms with Gasteiger partial charge in [-0.25, -0.2) is 9.97 Å². The summed E-state index contributed by atoms with van der Waals surface area (Å²) in [6.07, 6.45) is 5.80. The lowest BCUT2D eigenvalue weighted by molar-refractivity contribution is -0.116. The van der Waals surface area contributed by atoms with Crippen LogP contribution in [0.25, 0.3) is 11.0 Å². The summed E-state index contributed by atoms with van der Waals surface area (Å²) in [6.45, 7) is 2.75. The number of rotatable bonds is 6. The van der Waals surface area contributed by atoms with Gasteiger partial charge in [-0.15, -0.1) is 0 Å². The van der Waals surface area contributed by atoms with Crippen molar-refractivity contribution >= 4 is 22.9 Å². The number of anilines is 1. The van der Waals surface area contributed by atoms with Gasteiger partial charge in [0, 0.05) is 38.8 Å². The molecule has 6 nitrogen and oxygen atoms in total. The summed E-state index contributed by atoms with van der Waals surface area (Å²) in [5, 5.41) is 2.83. The second kappa shape index (κ2) is 6.64. The lowest BCUT2D eigenvalue weighted by atomic mass is 10.3. The van der Waals surface area contributed by atoms with Crippen molar-refractivity contribution in [3.05, 3.63) is 42.5 Å². The minimum Gasteiger partial charge on any atom is -0.327 e. The van der Waals surface area contributed by atoms with Crippen molar-refractivity contribution in [2.75, 3.05) is 5.32 Å². The highest BCUT2D eigenvalue weighted by molar-refractivity contribution is 5.89. The summed E-state index contributed by atoms with van der Waals surface area (Å²) in [5.41, 5.74) is 2.07. The number of amides is 1. The van der Waals surface area contributed by atoms with E-state index in [4.69, 9.17) is 0 Å². The van der Waals surface area contributed by atoms with E-state index in [0.717, 1.165) is 29.7 Å². The lowest BCUT2D eigenvalue weighted by Gasteiger charge is -2.09. The molecular weight excluding hydrogens is 290 g/mol. The Kier molecular flexibility index (Phi) is 4.41. The highest BCUT2D eigenvalue weighted by atomic mass is 16.1. The number of carbonyl (C=O) groups is 1. The number of fused-ring (bicyclic) bond motifs is 1. The monoisotopic (exact) mass is 311 g/mol. The maximum atomic E-state index is 12.2. The fourth-order valence-electron chi connectivity index (χ4n) is 2.68. The number of aromatic nitrogens is 4. The van der Waals surface area contributed by atoms with Crippen molar-refractivity contribution in [2.24, 2.45) is 7.05 Å². The number of hydrogen-bond donors (Lipinski definition) is 1. The smallest absolute Gasteiger partial charge is 0.228 e. The van der Waals surface area contributed by atoms with Crippen LogP contribution in [0.4, 0.5) is 5.95 Å². The van der Waals surface area contributed by atoms with Gasteiger partial charge < -0.3 is 9.13 Å². The molecule has 2 aromatic heterocycles. The van der Waals surface area contributed by atoms with Crippen LogP contribution in [-0.4, -0.2) is 25.0 Å². The molecule has 0 saturated heterocycles. The van der Waals surface area contributed by atoms with Crippen LogP contribution in [0.15, 0.2) is 36.7 Å². The predicted octanol–water partition coefficient (Wildman–Crippen LogP) is 2.75. The number of aryl methyl sites for hydroxylation is 3. The Bertz CT molecular complexity index is 817. The molecule has 0 spiro atoms. The molecule has 0 aliphatic heterocycles. The third-order valence-electron chi connectivity index (χ3n) is 3.84. The lowest BCUT2D eigenvalue weighted by Crippen LogP contribution is -2.17. The fourth-order valence-corrected chi connectivity index (χ4v) is 2.68. The first-order valence-electron chi connectivity index (χ1n) is 7.90. The summed E-state index contributed by atoms with van der Waals surface area (Å²) < 4.78 is 3.93. The zero-order valence-corrected chi connectivity index (χ0v) is 13.5. The van der Waals surface area contributed by atoms with E-state index in [1.165, 1.54) is 0 Å². The van der Waals surface area contributed by atoms with Crippen molar-refractivity contribution in [1.29, 1.82) is 0 Å². The third-order valence-corrected chi connectivity index (χ3v) is 3.84. The van der Waals surface area contributed by atoms with Gasteiger partial charge in [-0.05, 0) is 18.6 Å². The minimum absolute atomic E-state index is 0.0421. The van der Waals surface area contributed by atoms with Gasteiger partial charge in [-0.2, -0.15) is 0 Å². The molecular formula is C17H21N5O. The number of nitrogens with one attached hydrogen (secondary N) is 1. The van der Waals surface area contributed by atoms with Crippen LogP contribution in [0.2, 0.25) is 0 Å². The van der Waals surface area contributed by atoms with Gasteiger partial charge in [0.2, 0.25) is 11.9 Å². The first kappa shape index (κ1) is 15.3. The number of nitrogens with zero attached hydrogens (tertiary/aromatic N) is 4. The van der Waals surface area contributed by atoms with Gasteiger partial charge in [0.15, 0.2) is 0 Å². The molecule has 0 atom stereocenters. The van der Waals surface area contributed by atoms with E-state index in [1.807, 2.05) is 25.2 Å². The molecule has 0 aliphatic rings. The van der Waals surface area contributed by atoms with Gasteiger partial charge in [-0.1, -0.05) is 19.1 Å². The summed E-state index contributed by atoms with van der Waals surface area (Å²) >= 11 is 0. The summed E-state index contributed by atoms with van der Waals surface area (Å²) in [7, 11) is 1.85. The minimum atomic E-state index is -0.0421. The first-order valence-corrected chi connectivity index (χ1v) is 7.90. The van der Waals surface area contributed by atoms with E-state index in [-0.39, 0.29) is 5.91 Å². The van der Waals surface area contributed by atoms with Crippen LogP contribution in [0.1, 0.15) is 25.6 Å². The first-order chi connectivity index (χ1) is 11.2. The Balaban J connectivity index is 1.74. The number of hydrogen-bond acceptors (Lipinski definition) is 3. The Morgan fingerprint density at radius 1 is 1.30 bits per heavy atom. The average molecular weight is 311 g/mol. The molecule has 3 rings (SSSR count). The van der Waals surface area contributed by atoms with Crippen LogP contribution in [-0.2, 0) is 24.8 Å². The van der Waals surface area contributed by atoms with Crippen molar-refractivity contribution in [3.8, 4) is 0 Å². The van der Waals surface area contributed by atoms with E-state index < -0.39 is 0 Å². The van der Waals surface area contributed by atoms with Gasteiger partial charge in [0.25, 0.3) is 0 Å². The molecule has 1 aromatic carbocycles. The number of para-hydroxylation sites is 2. The van der Waals surface area contributed by atoms with Crippen molar-refractivity contribution < 1.29 is 4.79 Å². The van der Waals surface area contributed by atoms with E-state index in [1.54, 1.807) is 17.0 Å². The fraction of sp³-hybridized carbons (Fsp3) is 0.353. The van der Waals surface area contributed by atoms with Gasteiger partial charge in [-0.3, -0.25) is 10.1 Å². The predicted molar refractivity (Wildman–Crippen MR) is 90.2 cm³/mol. The second-order valence-corrected chi connectivity index (χ2v) is 5.58. The molecule has 0 saturated carbocycles. The Labute approximate surface area is 135 Å². The maximum absolute atomic E-state index is 12.2.